The van der Waals surface area contributed by atoms with Crippen LogP contribution in [0.4, 0.5) is 0 Å². The molecule has 1 aliphatic rings. The Balaban J connectivity index is 2.59. The summed E-state index contributed by atoms with van der Waals surface area (Å²) >= 11 is 3.11. The minimum atomic E-state index is -0.612. The molecule has 2 N–H and O–H groups in total. The standard InChI is InChI=1S/C21H26N2O5S2/c1-13-17(20(25)27-2)18(14-7-5-6-8-16(14)29-4)19(21(26)28-3)15(23-13)11-30-10-9-22-12-24/h5-8,12,18,23H,9-11H2,1-4H3,(H,22,24). The molecule has 1 amide bonds. The average molecular weight is 451 g/mol. The lowest BCUT2D eigenvalue weighted by Crippen LogP contribution is -2.34. The Morgan fingerprint density at radius 1 is 1.17 bits per heavy atom. The zero-order valence-electron chi connectivity index (χ0n) is 17.4. The van der Waals surface area contributed by atoms with E-state index in [-0.39, 0.29) is 0 Å². The molecule has 7 nitrogen and oxygen atoms in total. The van der Waals surface area contributed by atoms with Gasteiger partial charge in [-0.3, -0.25) is 4.79 Å². The third kappa shape index (κ3) is 5.40. The fraction of sp³-hybridized carbons (Fsp3) is 0.381. The van der Waals surface area contributed by atoms with E-state index in [1.807, 2.05) is 30.5 Å². The lowest BCUT2D eigenvalue weighted by molar-refractivity contribution is -0.137. The van der Waals surface area contributed by atoms with E-state index in [0.717, 1.165) is 10.5 Å². The van der Waals surface area contributed by atoms with Gasteiger partial charge in [-0.25, -0.2) is 9.59 Å². The summed E-state index contributed by atoms with van der Waals surface area (Å²) in [5.74, 6) is -0.437. The maximum Gasteiger partial charge on any atom is 0.336 e. The van der Waals surface area contributed by atoms with Crippen molar-refractivity contribution in [2.45, 2.75) is 17.7 Å². The number of dihydropyridines is 1. The molecule has 9 heteroatoms. The molecular formula is C21H26N2O5S2. The molecule has 1 heterocycles. The van der Waals surface area contributed by atoms with E-state index in [2.05, 4.69) is 10.6 Å². The molecular weight excluding hydrogens is 424 g/mol. The molecule has 0 spiro atoms. The molecule has 1 aromatic carbocycles. The monoisotopic (exact) mass is 450 g/mol. The number of hydrogen-bond acceptors (Lipinski definition) is 8. The van der Waals surface area contributed by atoms with Gasteiger partial charge in [-0.2, -0.15) is 11.8 Å². The van der Waals surface area contributed by atoms with Crippen molar-refractivity contribution in [3.8, 4) is 0 Å². The largest absolute Gasteiger partial charge is 0.466 e. The van der Waals surface area contributed by atoms with Gasteiger partial charge < -0.3 is 20.1 Å². The van der Waals surface area contributed by atoms with Crippen LogP contribution in [-0.4, -0.2) is 56.9 Å². The fourth-order valence-electron chi connectivity index (χ4n) is 3.32. The number of amides is 1. The van der Waals surface area contributed by atoms with Crippen LogP contribution in [0.15, 0.2) is 51.7 Å². The summed E-state index contributed by atoms with van der Waals surface area (Å²) in [6.07, 6.45) is 2.61. The Bertz CT molecular complexity index is 867. The summed E-state index contributed by atoms with van der Waals surface area (Å²) in [5, 5.41) is 5.83. The van der Waals surface area contributed by atoms with Gasteiger partial charge in [0.2, 0.25) is 6.41 Å². The van der Waals surface area contributed by atoms with Crippen LogP contribution in [-0.2, 0) is 23.9 Å². The van der Waals surface area contributed by atoms with Crippen molar-refractivity contribution < 1.29 is 23.9 Å². The van der Waals surface area contributed by atoms with Crippen LogP contribution >= 0.6 is 23.5 Å². The Labute approximate surface area is 185 Å². The number of rotatable bonds is 10. The summed E-state index contributed by atoms with van der Waals surface area (Å²) in [7, 11) is 2.65. The first-order chi connectivity index (χ1) is 14.5. The SMILES string of the molecule is COC(=O)C1=C(C)NC(CSCCNC=O)=C(C(=O)OC)C1c1ccccc1SC. The van der Waals surface area contributed by atoms with Crippen LogP contribution in [0.2, 0.25) is 0 Å². The Kier molecular flexibility index (Phi) is 9.32. The minimum Gasteiger partial charge on any atom is -0.466 e. The predicted octanol–water partition coefficient (Wildman–Crippen LogP) is 2.45. The number of methoxy groups -OCH3 is 2. The Morgan fingerprint density at radius 3 is 2.47 bits per heavy atom. The minimum absolute atomic E-state index is 0.385. The second-order valence-corrected chi connectivity index (χ2v) is 8.29. The molecule has 0 fully saturated rings. The quantitative estimate of drug-likeness (QED) is 0.243. The second-order valence-electron chi connectivity index (χ2n) is 6.34. The average Bonchev–Trinajstić information content (AvgIpc) is 2.77. The molecule has 1 atom stereocenters. The molecule has 0 saturated heterocycles. The van der Waals surface area contributed by atoms with Crippen molar-refractivity contribution in [1.29, 1.82) is 0 Å². The molecule has 30 heavy (non-hydrogen) atoms. The van der Waals surface area contributed by atoms with Gasteiger partial charge in [-0.15, -0.1) is 11.8 Å². The summed E-state index contributed by atoms with van der Waals surface area (Å²) in [5.41, 5.74) is 2.94. The van der Waals surface area contributed by atoms with Crippen LogP contribution < -0.4 is 10.6 Å². The van der Waals surface area contributed by atoms with E-state index in [9.17, 15) is 14.4 Å². The van der Waals surface area contributed by atoms with Gasteiger partial charge in [-0.1, -0.05) is 18.2 Å². The van der Waals surface area contributed by atoms with Crippen LogP contribution in [0.1, 0.15) is 18.4 Å². The van der Waals surface area contributed by atoms with Gasteiger partial charge in [0.25, 0.3) is 0 Å². The normalized spacial score (nSPS) is 16.1. The number of carbonyl (C=O) groups excluding carboxylic acids is 3. The topological polar surface area (TPSA) is 93.7 Å². The zero-order chi connectivity index (χ0) is 22.1. The van der Waals surface area contributed by atoms with Gasteiger partial charge in [0.1, 0.15) is 0 Å². The van der Waals surface area contributed by atoms with Gasteiger partial charge in [0.15, 0.2) is 0 Å². The summed E-state index contributed by atoms with van der Waals surface area (Å²) in [6, 6.07) is 7.68. The van der Waals surface area contributed by atoms with Crippen LogP contribution in [0.3, 0.4) is 0 Å². The van der Waals surface area contributed by atoms with Crippen LogP contribution in [0.25, 0.3) is 0 Å². The van der Waals surface area contributed by atoms with E-state index >= 15 is 0 Å². The Morgan fingerprint density at radius 2 is 1.83 bits per heavy atom. The molecule has 0 aromatic heterocycles. The van der Waals surface area contributed by atoms with Crippen molar-refractivity contribution in [3.63, 3.8) is 0 Å². The number of ether oxygens (including phenoxy) is 2. The molecule has 0 saturated carbocycles. The molecule has 0 bridgehead atoms. The number of carbonyl (C=O) groups is 3. The maximum absolute atomic E-state index is 12.9. The van der Waals surface area contributed by atoms with Gasteiger partial charge >= 0.3 is 11.9 Å². The highest BCUT2D eigenvalue weighted by Crippen LogP contribution is 2.42. The molecule has 0 radical (unpaired) electrons. The summed E-state index contributed by atoms with van der Waals surface area (Å²) in [4.78, 5) is 37.0. The third-order valence-corrected chi connectivity index (χ3v) is 6.42. The number of thioether (sulfide) groups is 2. The molecule has 1 aromatic rings. The van der Waals surface area contributed by atoms with E-state index in [4.69, 9.17) is 9.47 Å². The fourth-order valence-corrected chi connectivity index (χ4v) is 4.80. The Hall–Kier alpha value is -2.39. The maximum atomic E-state index is 12.9. The van der Waals surface area contributed by atoms with Crippen molar-refractivity contribution in [1.82, 2.24) is 10.6 Å². The molecule has 0 aliphatic carbocycles. The number of hydrogen-bond donors (Lipinski definition) is 2. The van der Waals surface area contributed by atoms with E-state index < -0.39 is 17.9 Å². The third-order valence-electron chi connectivity index (χ3n) is 4.63. The van der Waals surface area contributed by atoms with E-state index in [1.165, 1.54) is 14.2 Å². The molecule has 1 unspecified atom stereocenters. The summed E-state index contributed by atoms with van der Waals surface area (Å²) in [6.45, 7) is 2.32. The number of esters is 2. The lowest BCUT2D eigenvalue weighted by atomic mass is 9.80. The number of nitrogens with one attached hydrogen (secondary N) is 2. The van der Waals surface area contributed by atoms with Gasteiger partial charge in [0, 0.05) is 34.3 Å². The highest BCUT2D eigenvalue weighted by Gasteiger charge is 2.39. The van der Waals surface area contributed by atoms with Crippen LogP contribution in [0.5, 0.6) is 0 Å². The molecule has 1 aliphatic heterocycles. The smallest absolute Gasteiger partial charge is 0.336 e. The highest BCUT2D eigenvalue weighted by molar-refractivity contribution is 7.99. The zero-order valence-corrected chi connectivity index (χ0v) is 19.1. The highest BCUT2D eigenvalue weighted by atomic mass is 32.2. The number of benzene rings is 1. The van der Waals surface area contributed by atoms with Gasteiger partial charge in [0.05, 0.1) is 31.3 Å². The first-order valence-corrected chi connectivity index (χ1v) is 11.6. The first-order valence-electron chi connectivity index (χ1n) is 9.25. The van der Waals surface area contributed by atoms with Crippen molar-refractivity contribution in [2.24, 2.45) is 0 Å². The van der Waals surface area contributed by atoms with E-state index in [0.29, 0.717) is 47.0 Å². The second kappa shape index (κ2) is 11.7. The number of allylic oxidation sites excluding steroid dienone is 1. The molecule has 2 rings (SSSR count). The van der Waals surface area contributed by atoms with Crippen molar-refractivity contribution >= 4 is 41.9 Å². The van der Waals surface area contributed by atoms with Crippen molar-refractivity contribution in [3.05, 3.63) is 52.4 Å². The lowest BCUT2D eigenvalue weighted by Gasteiger charge is -2.32. The van der Waals surface area contributed by atoms with Crippen molar-refractivity contribution in [2.75, 3.05) is 38.5 Å². The molecule has 162 valence electrons. The first kappa shape index (κ1) is 23.9. The predicted molar refractivity (Wildman–Crippen MR) is 119 cm³/mol. The van der Waals surface area contributed by atoms with Crippen LogP contribution in [0, 0.1) is 0 Å². The van der Waals surface area contributed by atoms with Gasteiger partial charge in [-0.05, 0) is 24.8 Å². The summed E-state index contributed by atoms with van der Waals surface area (Å²) < 4.78 is 10.1. The van der Waals surface area contributed by atoms with E-state index in [1.54, 1.807) is 30.4 Å².